The van der Waals surface area contributed by atoms with Crippen molar-refractivity contribution in [3.63, 3.8) is 0 Å². The number of rotatable bonds is 6. The van der Waals surface area contributed by atoms with Crippen LogP contribution in [0.3, 0.4) is 0 Å². The van der Waals surface area contributed by atoms with Crippen LogP contribution in [0.15, 0.2) is 42.5 Å². The van der Waals surface area contributed by atoms with E-state index in [0.717, 1.165) is 34.7 Å². The van der Waals surface area contributed by atoms with E-state index in [4.69, 9.17) is 4.74 Å². The average Bonchev–Trinajstić information content (AvgIpc) is 2.94. The third-order valence-electron chi connectivity index (χ3n) is 4.89. The van der Waals surface area contributed by atoms with Gasteiger partial charge in [-0.25, -0.2) is 13.9 Å². The van der Waals surface area contributed by atoms with Crippen LogP contribution >= 0.6 is 0 Å². The molecule has 146 valence electrons. The Balaban J connectivity index is 1.97. The molecule has 6 nitrogen and oxygen atoms in total. The van der Waals surface area contributed by atoms with Crippen LogP contribution in [-0.2, 0) is 22.6 Å². The van der Waals surface area contributed by atoms with Gasteiger partial charge in [0, 0.05) is 18.7 Å². The summed E-state index contributed by atoms with van der Waals surface area (Å²) in [5.74, 6) is 0.486. The van der Waals surface area contributed by atoms with Crippen molar-refractivity contribution in [1.29, 1.82) is 0 Å². The standard InChI is InChI=1S/C22H25N3O3/c1-5-24-16(4)25(14-21(26)23-18-10-8-7-9-15(18)3)20-13-17(11-12-19(20)24)22(27)28-6-2/h7-13H,5-6,14H2,1-4H3/p+1. The van der Waals surface area contributed by atoms with Crippen LogP contribution in [0.4, 0.5) is 5.69 Å². The van der Waals surface area contributed by atoms with Gasteiger partial charge in [0.25, 0.3) is 11.7 Å². The largest absolute Gasteiger partial charge is 0.462 e. The Kier molecular flexibility index (Phi) is 5.78. The summed E-state index contributed by atoms with van der Waals surface area (Å²) in [5.41, 5.74) is 4.12. The number of hydrogen-bond acceptors (Lipinski definition) is 3. The van der Waals surface area contributed by atoms with Crippen LogP contribution in [0.2, 0.25) is 0 Å². The average molecular weight is 380 g/mol. The number of nitrogens with one attached hydrogen (secondary N) is 1. The van der Waals surface area contributed by atoms with Crippen molar-refractivity contribution in [2.75, 3.05) is 11.9 Å². The number of ether oxygens (including phenoxy) is 1. The van der Waals surface area contributed by atoms with Crippen molar-refractivity contribution in [2.45, 2.75) is 40.8 Å². The molecular formula is C22H26N3O3+. The molecule has 0 saturated heterocycles. The zero-order valence-electron chi connectivity index (χ0n) is 16.8. The molecule has 1 aromatic heterocycles. The fourth-order valence-electron chi connectivity index (χ4n) is 3.45. The first-order valence-corrected chi connectivity index (χ1v) is 9.51. The van der Waals surface area contributed by atoms with E-state index in [0.29, 0.717) is 12.2 Å². The number of nitrogens with zero attached hydrogens (tertiary/aromatic N) is 2. The number of carbonyl (C=O) groups excluding carboxylic acids is 2. The molecule has 0 fully saturated rings. The summed E-state index contributed by atoms with van der Waals surface area (Å²) in [5, 5.41) is 2.97. The summed E-state index contributed by atoms with van der Waals surface area (Å²) in [6.07, 6.45) is 0. The van der Waals surface area contributed by atoms with Gasteiger partial charge < -0.3 is 10.1 Å². The molecule has 3 rings (SSSR count). The number of amides is 1. The van der Waals surface area contributed by atoms with E-state index in [2.05, 4.69) is 16.8 Å². The predicted octanol–water partition coefficient (Wildman–Crippen LogP) is 3.38. The highest BCUT2D eigenvalue weighted by molar-refractivity contribution is 5.95. The second-order valence-electron chi connectivity index (χ2n) is 6.66. The molecule has 3 aromatic rings. The van der Waals surface area contributed by atoms with Crippen molar-refractivity contribution < 1.29 is 18.9 Å². The first kappa shape index (κ1) is 19.6. The van der Waals surface area contributed by atoms with Crippen molar-refractivity contribution in [3.8, 4) is 0 Å². The molecular weight excluding hydrogens is 354 g/mol. The number of benzene rings is 2. The summed E-state index contributed by atoms with van der Waals surface area (Å²) in [6, 6.07) is 13.2. The predicted molar refractivity (Wildman–Crippen MR) is 108 cm³/mol. The summed E-state index contributed by atoms with van der Waals surface area (Å²) < 4.78 is 9.19. The van der Waals surface area contributed by atoms with Crippen LogP contribution in [0.25, 0.3) is 11.0 Å². The number of fused-ring (bicyclic) bond motifs is 1. The summed E-state index contributed by atoms with van der Waals surface area (Å²) >= 11 is 0. The lowest BCUT2D eigenvalue weighted by molar-refractivity contribution is -0.674. The molecule has 1 N–H and O–H groups in total. The lowest BCUT2D eigenvalue weighted by atomic mass is 10.2. The molecule has 28 heavy (non-hydrogen) atoms. The Morgan fingerprint density at radius 3 is 2.54 bits per heavy atom. The number of imidazole rings is 1. The molecule has 0 bridgehead atoms. The molecule has 0 aliphatic heterocycles. The van der Waals surface area contributed by atoms with Gasteiger partial charge in [0.1, 0.15) is 0 Å². The minimum atomic E-state index is -0.359. The lowest BCUT2D eigenvalue weighted by Gasteiger charge is -2.07. The highest BCUT2D eigenvalue weighted by Gasteiger charge is 2.24. The highest BCUT2D eigenvalue weighted by Crippen LogP contribution is 2.19. The molecule has 0 radical (unpaired) electrons. The highest BCUT2D eigenvalue weighted by atomic mass is 16.5. The van der Waals surface area contributed by atoms with E-state index < -0.39 is 0 Å². The van der Waals surface area contributed by atoms with Crippen LogP contribution in [0.1, 0.15) is 35.6 Å². The maximum atomic E-state index is 12.7. The van der Waals surface area contributed by atoms with Gasteiger partial charge in [0.2, 0.25) is 0 Å². The number of hydrogen-bond donors (Lipinski definition) is 1. The second kappa shape index (κ2) is 8.25. The van der Waals surface area contributed by atoms with Crippen LogP contribution in [-0.4, -0.2) is 23.1 Å². The van der Waals surface area contributed by atoms with Gasteiger partial charge in [-0.05, 0) is 44.5 Å². The molecule has 0 aliphatic carbocycles. The third-order valence-corrected chi connectivity index (χ3v) is 4.89. The Morgan fingerprint density at radius 1 is 1.11 bits per heavy atom. The van der Waals surface area contributed by atoms with E-state index in [1.807, 2.05) is 48.7 Å². The van der Waals surface area contributed by atoms with Gasteiger partial charge in [0.15, 0.2) is 17.6 Å². The minimum absolute atomic E-state index is 0.112. The van der Waals surface area contributed by atoms with E-state index in [1.54, 1.807) is 19.1 Å². The van der Waals surface area contributed by atoms with Gasteiger partial charge in [-0.2, -0.15) is 0 Å². The maximum Gasteiger partial charge on any atom is 0.338 e. The minimum Gasteiger partial charge on any atom is -0.462 e. The van der Waals surface area contributed by atoms with Crippen LogP contribution in [0, 0.1) is 13.8 Å². The fourth-order valence-corrected chi connectivity index (χ4v) is 3.45. The molecule has 0 saturated carbocycles. The number of carbonyl (C=O) groups is 2. The molecule has 1 amide bonds. The Morgan fingerprint density at radius 2 is 1.86 bits per heavy atom. The smallest absolute Gasteiger partial charge is 0.338 e. The van der Waals surface area contributed by atoms with Gasteiger partial charge in [-0.3, -0.25) is 4.79 Å². The van der Waals surface area contributed by atoms with E-state index in [1.165, 1.54) is 0 Å². The Hall–Kier alpha value is -3.15. The van der Waals surface area contributed by atoms with Crippen molar-refractivity contribution in [3.05, 3.63) is 59.4 Å². The summed E-state index contributed by atoms with van der Waals surface area (Å²) in [6.45, 7) is 9.04. The molecule has 2 aromatic carbocycles. The molecule has 0 aliphatic rings. The fraction of sp³-hybridized carbons (Fsp3) is 0.318. The van der Waals surface area contributed by atoms with E-state index in [-0.39, 0.29) is 18.4 Å². The zero-order chi connectivity index (χ0) is 20.3. The summed E-state index contributed by atoms with van der Waals surface area (Å²) in [4.78, 5) is 24.9. The monoisotopic (exact) mass is 380 g/mol. The number of aromatic nitrogens is 2. The van der Waals surface area contributed by atoms with Crippen molar-refractivity contribution in [1.82, 2.24) is 4.57 Å². The van der Waals surface area contributed by atoms with Gasteiger partial charge in [0.05, 0.1) is 18.7 Å². The molecule has 6 heteroatoms. The lowest BCUT2D eigenvalue weighted by Crippen LogP contribution is -2.35. The number of esters is 1. The number of aryl methyl sites for hydroxylation is 2. The van der Waals surface area contributed by atoms with Crippen LogP contribution in [0.5, 0.6) is 0 Å². The third kappa shape index (κ3) is 3.76. The molecule has 0 atom stereocenters. The van der Waals surface area contributed by atoms with Crippen molar-refractivity contribution in [2.24, 2.45) is 0 Å². The molecule has 1 heterocycles. The van der Waals surface area contributed by atoms with Crippen molar-refractivity contribution >= 4 is 28.6 Å². The van der Waals surface area contributed by atoms with Gasteiger partial charge >= 0.3 is 5.97 Å². The van der Waals surface area contributed by atoms with E-state index in [9.17, 15) is 9.59 Å². The Bertz CT molecular complexity index is 1040. The van der Waals surface area contributed by atoms with E-state index >= 15 is 0 Å². The summed E-state index contributed by atoms with van der Waals surface area (Å²) in [7, 11) is 0. The molecule has 0 unspecified atom stereocenters. The number of anilines is 1. The number of para-hydroxylation sites is 1. The topological polar surface area (TPSA) is 64.2 Å². The SMILES string of the molecule is CCOC(=O)c1ccc2c(c1)n(CC(=O)Nc1ccccc1C)c(C)[n+]2CC. The van der Waals surface area contributed by atoms with Gasteiger partial charge in [-0.1, -0.05) is 18.2 Å². The second-order valence-corrected chi connectivity index (χ2v) is 6.66. The quantitative estimate of drug-likeness (QED) is 0.527. The van der Waals surface area contributed by atoms with Crippen LogP contribution < -0.4 is 9.88 Å². The Labute approximate surface area is 164 Å². The first-order valence-electron chi connectivity index (χ1n) is 9.51. The molecule has 0 spiro atoms. The maximum absolute atomic E-state index is 12.7. The van der Waals surface area contributed by atoms with Gasteiger partial charge in [-0.15, -0.1) is 0 Å². The zero-order valence-corrected chi connectivity index (χ0v) is 16.8. The normalized spacial score (nSPS) is 10.9. The first-order chi connectivity index (χ1) is 13.5.